The van der Waals surface area contributed by atoms with Gasteiger partial charge in [-0.1, -0.05) is 30.0 Å². The van der Waals surface area contributed by atoms with Gasteiger partial charge in [-0.05, 0) is 31.0 Å². The van der Waals surface area contributed by atoms with Crippen LogP contribution in [0, 0.1) is 6.92 Å². The molecule has 1 aliphatic heterocycles. The van der Waals surface area contributed by atoms with Gasteiger partial charge in [-0.15, -0.1) is 20.4 Å². The lowest BCUT2D eigenvalue weighted by Gasteiger charge is -2.19. The van der Waals surface area contributed by atoms with Gasteiger partial charge in [-0.25, -0.2) is 0 Å². The number of pyridine rings is 1. The molecule has 0 atom stereocenters. The highest BCUT2D eigenvalue weighted by molar-refractivity contribution is 7.99. The van der Waals surface area contributed by atoms with E-state index in [0.29, 0.717) is 29.3 Å². The van der Waals surface area contributed by atoms with E-state index in [9.17, 15) is 4.79 Å². The number of benzene rings is 1. The van der Waals surface area contributed by atoms with Gasteiger partial charge in [0.05, 0.1) is 11.3 Å². The number of nitrogens with one attached hydrogen (secondary N) is 1. The van der Waals surface area contributed by atoms with Gasteiger partial charge in [0.15, 0.2) is 22.3 Å². The minimum Gasteiger partial charge on any atom is -0.486 e. The Bertz CT molecular complexity index is 1270. The molecule has 3 aromatic heterocycles. The number of aromatic nitrogens is 5. The van der Waals surface area contributed by atoms with Crippen LogP contribution in [-0.2, 0) is 11.2 Å². The van der Waals surface area contributed by atoms with Crippen LogP contribution in [0.15, 0.2) is 23.4 Å². The van der Waals surface area contributed by atoms with E-state index in [4.69, 9.17) is 9.47 Å². The first-order valence-corrected chi connectivity index (χ1v) is 11.3. The Morgan fingerprint density at radius 2 is 1.97 bits per heavy atom. The second-order valence-electron chi connectivity index (χ2n) is 6.71. The summed E-state index contributed by atoms with van der Waals surface area (Å²) in [6.45, 7) is 5.04. The summed E-state index contributed by atoms with van der Waals surface area (Å²) in [4.78, 5) is 12.4. The molecule has 5 rings (SSSR count). The fourth-order valence-electron chi connectivity index (χ4n) is 3.27. The van der Waals surface area contributed by atoms with E-state index >= 15 is 0 Å². The number of hydrogen-bond donors (Lipinski definition) is 1. The highest BCUT2D eigenvalue weighted by Crippen LogP contribution is 2.36. The summed E-state index contributed by atoms with van der Waals surface area (Å²) in [5.74, 6) is 1.45. The second-order valence-corrected chi connectivity index (χ2v) is 8.72. The third-order valence-electron chi connectivity index (χ3n) is 4.64. The molecule has 0 radical (unpaired) electrons. The molecule has 11 heteroatoms. The van der Waals surface area contributed by atoms with Crippen molar-refractivity contribution in [3.05, 3.63) is 28.8 Å². The summed E-state index contributed by atoms with van der Waals surface area (Å²) in [7, 11) is 0. The maximum atomic E-state index is 12.4. The van der Waals surface area contributed by atoms with Crippen molar-refractivity contribution in [3.63, 3.8) is 0 Å². The predicted molar refractivity (Wildman–Crippen MR) is 115 cm³/mol. The van der Waals surface area contributed by atoms with Gasteiger partial charge in [-0.3, -0.25) is 14.5 Å². The van der Waals surface area contributed by atoms with Gasteiger partial charge < -0.3 is 9.47 Å². The van der Waals surface area contributed by atoms with Crippen LogP contribution in [0.2, 0.25) is 0 Å². The second kappa shape index (κ2) is 7.73. The Labute approximate surface area is 179 Å². The van der Waals surface area contributed by atoms with Crippen LogP contribution in [0.1, 0.15) is 17.5 Å². The third kappa shape index (κ3) is 3.43. The first-order valence-electron chi connectivity index (χ1n) is 9.45. The van der Waals surface area contributed by atoms with Crippen LogP contribution < -0.4 is 14.8 Å². The van der Waals surface area contributed by atoms with Crippen molar-refractivity contribution < 1.29 is 14.3 Å². The molecule has 1 aliphatic rings. The number of nitrogens with zero attached hydrogens (tertiary/aromatic N) is 5. The third-order valence-corrected chi connectivity index (χ3v) is 6.55. The molecule has 4 heterocycles. The maximum absolute atomic E-state index is 12.4. The monoisotopic (exact) mass is 442 g/mol. The molecule has 0 aliphatic carbocycles. The number of fused-ring (bicyclic) bond motifs is 4. The number of carbonyl (C=O) groups excluding carboxylic acids is 1. The Morgan fingerprint density at radius 3 is 2.73 bits per heavy atom. The lowest BCUT2D eigenvalue weighted by atomic mass is 10.1. The fraction of sp³-hybridized carbons (Fsp3) is 0.316. The van der Waals surface area contributed by atoms with Gasteiger partial charge in [0.1, 0.15) is 18.2 Å². The van der Waals surface area contributed by atoms with Crippen molar-refractivity contribution in [2.24, 2.45) is 0 Å². The molecule has 0 unspecified atom stereocenters. The average molecular weight is 443 g/mol. The SMILES string of the molecule is CCc1nnc(NC(=O)CSc2nnc3c(C)cc4cc5c(cc4n23)OCCO5)s1. The largest absolute Gasteiger partial charge is 0.486 e. The zero-order chi connectivity index (χ0) is 20.7. The van der Waals surface area contributed by atoms with Gasteiger partial charge in [0.25, 0.3) is 0 Å². The zero-order valence-electron chi connectivity index (χ0n) is 16.3. The molecule has 0 fully saturated rings. The minimum atomic E-state index is -0.165. The first kappa shape index (κ1) is 19.1. The molecule has 30 heavy (non-hydrogen) atoms. The number of anilines is 1. The van der Waals surface area contributed by atoms with Gasteiger partial charge in [0.2, 0.25) is 11.0 Å². The Morgan fingerprint density at radius 1 is 1.17 bits per heavy atom. The summed E-state index contributed by atoms with van der Waals surface area (Å²) in [5, 5.41) is 22.5. The molecular formula is C19H18N6O3S2. The van der Waals surface area contributed by atoms with Crippen LogP contribution in [0.5, 0.6) is 11.5 Å². The van der Waals surface area contributed by atoms with Gasteiger partial charge >= 0.3 is 0 Å². The quantitative estimate of drug-likeness (QED) is 0.470. The molecule has 0 bridgehead atoms. The number of amides is 1. The molecule has 1 amide bonds. The molecule has 0 saturated carbocycles. The Hall–Kier alpha value is -2.92. The number of rotatable bonds is 5. The molecular weight excluding hydrogens is 424 g/mol. The van der Waals surface area contributed by atoms with Crippen LogP contribution in [0.25, 0.3) is 16.6 Å². The van der Waals surface area contributed by atoms with E-state index in [0.717, 1.165) is 39.3 Å². The Kier molecular flexibility index (Phi) is 4.91. The van der Waals surface area contributed by atoms with Crippen molar-refractivity contribution in [3.8, 4) is 11.5 Å². The molecule has 154 valence electrons. The summed E-state index contributed by atoms with van der Waals surface area (Å²) in [5.41, 5.74) is 2.65. The standard InChI is InChI=1S/C19H18N6O3S2/c1-3-16-21-23-18(30-16)20-15(26)9-29-19-24-22-17-10(2)6-11-7-13-14(28-5-4-27-13)8-12(11)25(17)19/h6-8H,3-5,9H2,1-2H3,(H,20,23,26). The number of carbonyl (C=O) groups is 1. The van der Waals surface area contributed by atoms with Gasteiger partial charge in [-0.2, -0.15) is 0 Å². The van der Waals surface area contributed by atoms with Crippen LogP contribution >= 0.6 is 23.1 Å². The fourth-order valence-corrected chi connectivity index (χ4v) is 4.71. The van der Waals surface area contributed by atoms with E-state index in [1.807, 2.05) is 30.4 Å². The normalized spacial score (nSPS) is 13.1. The maximum Gasteiger partial charge on any atom is 0.236 e. The molecule has 9 nitrogen and oxygen atoms in total. The number of thioether (sulfide) groups is 1. The number of hydrogen-bond acceptors (Lipinski definition) is 9. The smallest absolute Gasteiger partial charge is 0.236 e. The molecule has 1 N–H and O–H groups in total. The van der Waals surface area contributed by atoms with E-state index in [2.05, 4.69) is 31.8 Å². The summed E-state index contributed by atoms with van der Waals surface area (Å²) >= 11 is 2.70. The van der Waals surface area contributed by atoms with Crippen LogP contribution in [0.4, 0.5) is 5.13 Å². The van der Waals surface area contributed by atoms with E-state index in [1.165, 1.54) is 23.1 Å². The summed E-state index contributed by atoms with van der Waals surface area (Å²) in [6, 6.07) is 5.97. The predicted octanol–water partition coefficient (Wildman–Crippen LogP) is 3.11. The van der Waals surface area contributed by atoms with Crippen LogP contribution in [0.3, 0.4) is 0 Å². The highest BCUT2D eigenvalue weighted by atomic mass is 32.2. The summed E-state index contributed by atoms with van der Waals surface area (Å²) < 4.78 is 13.4. The molecule has 1 aromatic carbocycles. The lowest BCUT2D eigenvalue weighted by Crippen LogP contribution is -2.15. The lowest BCUT2D eigenvalue weighted by molar-refractivity contribution is -0.113. The number of ether oxygens (including phenoxy) is 2. The first-order chi connectivity index (χ1) is 14.6. The highest BCUT2D eigenvalue weighted by Gasteiger charge is 2.18. The average Bonchev–Trinajstić information content (AvgIpc) is 3.38. The van der Waals surface area contributed by atoms with E-state index in [-0.39, 0.29) is 11.7 Å². The minimum absolute atomic E-state index is 0.165. The molecule has 0 saturated heterocycles. The number of aryl methyl sites for hydroxylation is 2. The van der Waals surface area contributed by atoms with Crippen LogP contribution in [-0.4, -0.2) is 49.7 Å². The van der Waals surface area contributed by atoms with Crippen molar-refractivity contribution in [2.75, 3.05) is 24.3 Å². The van der Waals surface area contributed by atoms with Crippen molar-refractivity contribution >= 4 is 50.7 Å². The van der Waals surface area contributed by atoms with Crippen molar-refractivity contribution in [1.82, 2.24) is 24.8 Å². The van der Waals surface area contributed by atoms with Crippen molar-refractivity contribution in [1.29, 1.82) is 0 Å². The van der Waals surface area contributed by atoms with Crippen molar-refractivity contribution in [2.45, 2.75) is 25.4 Å². The van der Waals surface area contributed by atoms with E-state index < -0.39 is 0 Å². The Balaban J connectivity index is 1.44. The molecule has 4 aromatic rings. The zero-order valence-corrected chi connectivity index (χ0v) is 18.0. The summed E-state index contributed by atoms with van der Waals surface area (Å²) in [6.07, 6.45) is 0.791. The van der Waals surface area contributed by atoms with E-state index in [1.54, 1.807) is 0 Å². The van der Waals surface area contributed by atoms with Gasteiger partial charge in [0, 0.05) is 11.5 Å². The topological polar surface area (TPSA) is 104 Å². The molecule has 0 spiro atoms.